The van der Waals surface area contributed by atoms with Crippen molar-refractivity contribution in [1.82, 2.24) is 4.90 Å². The van der Waals surface area contributed by atoms with Crippen molar-refractivity contribution in [2.75, 3.05) is 32.7 Å². The molecule has 1 atom stereocenters. The van der Waals surface area contributed by atoms with E-state index in [2.05, 4.69) is 12.2 Å². The summed E-state index contributed by atoms with van der Waals surface area (Å²) >= 11 is 0. The van der Waals surface area contributed by atoms with Crippen LogP contribution >= 0.6 is 0 Å². The van der Waals surface area contributed by atoms with Gasteiger partial charge in [-0.25, -0.2) is 0 Å². The maximum absolute atomic E-state index is 12.9. The highest BCUT2D eigenvalue weighted by Crippen LogP contribution is 2.29. The molecular formula is C26H32N2O5. The second-order valence-electron chi connectivity index (χ2n) is 7.85. The summed E-state index contributed by atoms with van der Waals surface area (Å²) in [6, 6.07) is 12.2. The minimum Gasteiger partial charge on any atom is -0.497 e. The highest BCUT2D eigenvalue weighted by molar-refractivity contribution is 6.00. The number of anilines is 1. The zero-order valence-corrected chi connectivity index (χ0v) is 19.5. The van der Waals surface area contributed by atoms with Gasteiger partial charge in [0.2, 0.25) is 11.8 Å². The van der Waals surface area contributed by atoms with Gasteiger partial charge in [-0.3, -0.25) is 9.59 Å². The molecule has 0 spiro atoms. The first-order valence-electron chi connectivity index (χ1n) is 11.3. The molecule has 0 bridgehead atoms. The van der Waals surface area contributed by atoms with Crippen LogP contribution in [0.5, 0.6) is 17.2 Å². The SMILES string of the molecule is CCCCOc1ccc(C=CC(=O)N2CCCC2C(=O)Nc2ccc(OC)cc2)cc1OC. The second kappa shape index (κ2) is 11.9. The van der Waals surface area contributed by atoms with E-state index < -0.39 is 6.04 Å². The first-order valence-corrected chi connectivity index (χ1v) is 11.3. The second-order valence-corrected chi connectivity index (χ2v) is 7.85. The maximum atomic E-state index is 12.9. The summed E-state index contributed by atoms with van der Waals surface area (Å²) in [5, 5.41) is 2.89. The van der Waals surface area contributed by atoms with Crippen molar-refractivity contribution in [3.05, 3.63) is 54.1 Å². The van der Waals surface area contributed by atoms with E-state index in [1.807, 2.05) is 18.2 Å². The average Bonchev–Trinajstić information content (AvgIpc) is 3.34. The van der Waals surface area contributed by atoms with Gasteiger partial charge in [0, 0.05) is 18.3 Å². The molecule has 1 unspecified atom stereocenters. The lowest BCUT2D eigenvalue weighted by Gasteiger charge is -2.22. The summed E-state index contributed by atoms with van der Waals surface area (Å²) in [6.07, 6.45) is 6.70. The van der Waals surface area contributed by atoms with E-state index in [1.54, 1.807) is 49.5 Å². The molecule has 1 fully saturated rings. The molecule has 1 saturated heterocycles. The molecule has 0 radical (unpaired) electrons. The standard InChI is InChI=1S/C26H32N2O5/c1-4-5-17-33-23-14-8-19(18-24(23)32-3)9-15-25(29)28-16-6-7-22(28)26(30)27-20-10-12-21(31-2)13-11-20/h8-15,18,22H,4-7,16-17H2,1-3H3,(H,27,30). The lowest BCUT2D eigenvalue weighted by atomic mass is 10.1. The number of carbonyl (C=O) groups is 2. The summed E-state index contributed by atoms with van der Waals surface area (Å²) in [7, 11) is 3.19. The van der Waals surface area contributed by atoms with E-state index in [1.165, 1.54) is 6.08 Å². The van der Waals surface area contributed by atoms with Crippen LogP contribution in [-0.2, 0) is 9.59 Å². The molecule has 1 aliphatic heterocycles. The fourth-order valence-corrected chi connectivity index (χ4v) is 3.70. The van der Waals surface area contributed by atoms with Gasteiger partial charge in [0.1, 0.15) is 11.8 Å². The number of ether oxygens (including phenoxy) is 3. The summed E-state index contributed by atoms with van der Waals surface area (Å²) in [5.74, 6) is 1.65. The Hall–Kier alpha value is -3.48. The number of methoxy groups -OCH3 is 2. The van der Waals surface area contributed by atoms with Crippen LogP contribution in [0.15, 0.2) is 48.5 Å². The van der Waals surface area contributed by atoms with Crippen LogP contribution in [0, 0.1) is 0 Å². The van der Waals surface area contributed by atoms with Crippen molar-refractivity contribution in [3.8, 4) is 17.2 Å². The van der Waals surface area contributed by atoms with Crippen LogP contribution in [0.4, 0.5) is 5.69 Å². The van der Waals surface area contributed by atoms with E-state index in [0.717, 1.165) is 24.8 Å². The lowest BCUT2D eigenvalue weighted by Crippen LogP contribution is -2.42. The Morgan fingerprint density at radius 1 is 1.09 bits per heavy atom. The van der Waals surface area contributed by atoms with E-state index in [-0.39, 0.29) is 11.8 Å². The smallest absolute Gasteiger partial charge is 0.247 e. The molecule has 1 N–H and O–H groups in total. The zero-order chi connectivity index (χ0) is 23.6. The number of rotatable bonds is 10. The number of nitrogens with one attached hydrogen (secondary N) is 1. The number of likely N-dealkylation sites (tertiary alicyclic amines) is 1. The molecule has 1 heterocycles. The van der Waals surface area contributed by atoms with Crippen molar-refractivity contribution >= 4 is 23.6 Å². The van der Waals surface area contributed by atoms with Gasteiger partial charge in [-0.1, -0.05) is 19.4 Å². The van der Waals surface area contributed by atoms with Crippen LogP contribution in [-0.4, -0.2) is 50.1 Å². The fraction of sp³-hybridized carbons (Fsp3) is 0.385. The number of amides is 2. The minimum absolute atomic E-state index is 0.185. The molecule has 176 valence electrons. The molecule has 1 aliphatic rings. The number of nitrogens with zero attached hydrogens (tertiary/aromatic N) is 1. The third-order valence-corrected chi connectivity index (χ3v) is 5.56. The van der Waals surface area contributed by atoms with E-state index in [0.29, 0.717) is 42.5 Å². The molecule has 7 nitrogen and oxygen atoms in total. The van der Waals surface area contributed by atoms with Crippen LogP contribution < -0.4 is 19.5 Å². The fourth-order valence-electron chi connectivity index (χ4n) is 3.70. The Kier molecular flexibility index (Phi) is 8.75. The van der Waals surface area contributed by atoms with Gasteiger partial charge in [-0.05, 0) is 67.3 Å². The predicted molar refractivity (Wildman–Crippen MR) is 129 cm³/mol. The molecule has 0 saturated carbocycles. The van der Waals surface area contributed by atoms with Gasteiger partial charge in [-0.2, -0.15) is 0 Å². The number of hydrogen-bond acceptors (Lipinski definition) is 5. The molecule has 0 aromatic heterocycles. The first-order chi connectivity index (χ1) is 16.0. The molecule has 2 aromatic carbocycles. The molecule has 3 rings (SSSR count). The van der Waals surface area contributed by atoms with E-state index in [4.69, 9.17) is 14.2 Å². The monoisotopic (exact) mass is 452 g/mol. The van der Waals surface area contributed by atoms with Gasteiger partial charge in [0.25, 0.3) is 0 Å². The lowest BCUT2D eigenvalue weighted by molar-refractivity contribution is -0.132. The van der Waals surface area contributed by atoms with Crippen molar-refractivity contribution in [1.29, 1.82) is 0 Å². The predicted octanol–water partition coefficient (Wildman–Crippen LogP) is 4.53. The number of hydrogen-bond donors (Lipinski definition) is 1. The zero-order valence-electron chi connectivity index (χ0n) is 19.5. The van der Waals surface area contributed by atoms with Crippen LogP contribution in [0.2, 0.25) is 0 Å². The van der Waals surface area contributed by atoms with Gasteiger partial charge in [0.15, 0.2) is 11.5 Å². The van der Waals surface area contributed by atoms with Crippen LogP contribution in [0.3, 0.4) is 0 Å². The molecule has 33 heavy (non-hydrogen) atoms. The van der Waals surface area contributed by atoms with Gasteiger partial charge in [0.05, 0.1) is 20.8 Å². The largest absolute Gasteiger partial charge is 0.497 e. The normalized spacial score (nSPS) is 15.5. The number of benzene rings is 2. The van der Waals surface area contributed by atoms with Crippen molar-refractivity contribution < 1.29 is 23.8 Å². The topological polar surface area (TPSA) is 77.1 Å². The summed E-state index contributed by atoms with van der Waals surface area (Å²) in [4.78, 5) is 27.3. The first kappa shape index (κ1) is 24.2. The number of unbranched alkanes of at least 4 members (excludes halogenated alkanes) is 1. The van der Waals surface area contributed by atoms with E-state index in [9.17, 15) is 9.59 Å². The number of carbonyl (C=O) groups excluding carboxylic acids is 2. The maximum Gasteiger partial charge on any atom is 0.247 e. The molecule has 0 aliphatic carbocycles. The van der Waals surface area contributed by atoms with Crippen molar-refractivity contribution in [2.45, 2.75) is 38.6 Å². The Morgan fingerprint density at radius 3 is 2.58 bits per heavy atom. The highest BCUT2D eigenvalue weighted by atomic mass is 16.5. The third kappa shape index (κ3) is 6.51. The molecule has 7 heteroatoms. The quantitative estimate of drug-likeness (QED) is 0.424. The van der Waals surface area contributed by atoms with E-state index >= 15 is 0 Å². The van der Waals surface area contributed by atoms with Gasteiger partial charge in [-0.15, -0.1) is 0 Å². The van der Waals surface area contributed by atoms with Crippen LogP contribution in [0.1, 0.15) is 38.2 Å². The Bertz CT molecular complexity index is 971. The molecular weight excluding hydrogens is 420 g/mol. The highest BCUT2D eigenvalue weighted by Gasteiger charge is 2.33. The Balaban J connectivity index is 1.62. The van der Waals surface area contributed by atoms with Gasteiger partial charge < -0.3 is 24.4 Å². The third-order valence-electron chi connectivity index (χ3n) is 5.56. The van der Waals surface area contributed by atoms with Crippen LogP contribution in [0.25, 0.3) is 6.08 Å². The average molecular weight is 453 g/mol. The Morgan fingerprint density at radius 2 is 1.88 bits per heavy atom. The van der Waals surface area contributed by atoms with Crippen molar-refractivity contribution in [2.24, 2.45) is 0 Å². The summed E-state index contributed by atoms with van der Waals surface area (Å²) < 4.78 is 16.3. The Labute approximate surface area is 195 Å². The molecule has 2 amide bonds. The van der Waals surface area contributed by atoms with Gasteiger partial charge >= 0.3 is 0 Å². The minimum atomic E-state index is -0.492. The molecule has 2 aromatic rings. The summed E-state index contributed by atoms with van der Waals surface area (Å²) in [5.41, 5.74) is 1.49. The summed E-state index contributed by atoms with van der Waals surface area (Å²) in [6.45, 7) is 3.30. The van der Waals surface area contributed by atoms with Crippen molar-refractivity contribution in [3.63, 3.8) is 0 Å².